The van der Waals surface area contributed by atoms with Crippen molar-refractivity contribution in [2.75, 3.05) is 25.4 Å². The second-order valence-electron chi connectivity index (χ2n) is 6.12. The SMILES string of the molecule is CC(C)[C@H]1CN(C(=O)NC[C@@H](C)Cn2cccn2)CCS1. The van der Waals surface area contributed by atoms with Crippen LogP contribution in [0.3, 0.4) is 0 Å². The molecule has 2 atom stereocenters. The highest BCUT2D eigenvalue weighted by Gasteiger charge is 2.25. The van der Waals surface area contributed by atoms with Crippen molar-refractivity contribution < 1.29 is 4.79 Å². The van der Waals surface area contributed by atoms with Gasteiger partial charge in [-0.3, -0.25) is 4.68 Å². The third kappa shape index (κ3) is 4.95. The van der Waals surface area contributed by atoms with Gasteiger partial charge in [0, 0.05) is 49.6 Å². The molecule has 2 rings (SSSR count). The molecule has 1 N–H and O–H groups in total. The summed E-state index contributed by atoms with van der Waals surface area (Å²) in [4.78, 5) is 14.2. The fourth-order valence-electron chi connectivity index (χ4n) is 2.43. The molecule has 1 aromatic rings. The molecule has 1 aliphatic rings. The lowest BCUT2D eigenvalue weighted by molar-refractivity contribution is 0.195. The number of carbonyl (C=O) groups is 1. The summed E-state index contributed by atoms with van der Waals surface area (Å²) in [5, 5.41) is 7.82. The van der Waals surface area contributed by atoms with Gasteiger partial charge >= 0.3 is 6.03 Å². The topological polar surface area (TPSA) is 50.2 Å². The molecule has 0 unspecified atom stereocenters. The Labute approximate surface area is 131 Å². The van der Waals surface area contributed by atoms with Gasteiger partial charge in [0.25, 0.3) is 0 Å². The molecule has 118 valence electrons. The van der Waals surface area contributed by atoms with E-state index >= 15 is 0 Å². The van der Waals surface area contributed by atoms with Gasteiger partial charge in [-0.1, -0.05) is 20.8 Å². The van der Waals surface area contributed by atoms with Crippen molar-refractivity contribution in [2.24, 2.45) is 11.8 Å². The number of nitrogens with one attached hydrogen (secondary N) is 1. The molecule has 0 aliphatic carbocycles. The molecule has 0 bridgehead atoms. The van der Waals surface area contributed by atoms with Gasteiger partial charge in [0.2, 0.25) is 0 Å². The van der Waals surface area contributed by atoms with Crippen LogP contribution in [0.4, 0.5) is 4.79 Å². The maximum Gasteiger partial charge on any atom is 0.317 e. The van der Waals surface area contributed by atoms with E-state index in [1.165, 1.54) is 0 Å². The lowest BCUT2D eigenvalue weighted by Gasteiger charge is -2.34. The van der Waals surface area contributed by atoms with Gasteiger partial charge in [-0.2, -0.15) is 16.9 Å². The number of amides is 2. The lowest BCUT2D eigenvalue weighted by atomic mass is 10.1. The van der Waals surface area contributed by atoms with Crippen LogP contribution >= 0.6 is 11.8 Å². The van der Waals surface area contributed by atoms with Crippen molar-refractivity contribution in [3.8, 4) is 0 Å². The van der Waals surface area contributed by atoms with E-state index in [0.29, 0.717) is 23.6 Å². The van der Waals surface area contributed by atoms with Crippen molar-refractivity contribution in [3.63, 3.8) is 0 Å². The second kappa shape index (κ2) is 7.73. The molecule has 0 aromatic carbocycles. The van der Waals surface area contributed by atoms with Crippen molar-refractivity contribution in [2.45, 2.75) is 32.6 Å². The van der Waals surface area contributed by atoms with Crippen LogP contribution < -0.4 is 5.32 Å². The van der Waals surface area contributed by atoms with Gasteiger partial charge in [0.1, 0.15) is 0 Å². The Morgan fingerprint density at radius 2 is 2.29 bits per heavy atom. The number of hydrogen-bond donors (Lipinski definition) is 1. The minimum atomic E-state index is 0.0771. The first-order valence-electron chi connectivity index (χ1n) is 7.68. The number of nitrogens with zero attached hydrogens (tertiary/aromatic N) is 3. The Bertz CT molecular complexity index is 435. The summed E-state index contributed by atoms with van der Waals surface area (Å²) in [7, 11) is 0. The molecule has 1 fully saturated rings. The number of carbonyl (C=O) groups excluding carboxylic acids is 1. The lowest BCUT2D eigenvalue weighted by Crippen LogP contribution is -2.49. The van der Waals surface area contributed by atoms with Crippen LogP contribution in [0.15, 0.2) is 18.5 Å². The zero-order valence-electron chi connectivity index (χ0n) is 13.2. The molecule has 2 amide bonds. The molecule has 5 nitrogen and oxygen atoms in total. The molecule has 2 heterocycles. The average Bonchev–Trinajstić information content (AvgIpc) is 2.97. The quantitative estimate of drug-likeness (QED) is 0.908. The highest BCUT2D eigenvalue weighted by atomic mass is 32.2. The summed E-state index contributed by atoms with van der Waals surface area (Å²) in [5.41, 5.74) is 0. The summed E-state index contributed by atoms with van der Waals surface area (Å²) in [5.74, 6) is 2.03. The van der Waals surface area contributed by atoms with Crippen LogP contribution in [0.2, 0.25) is 0 Å². The van der Waals surface area contributed by atoms with Crippen LogP contribution in [0, 0.1) is 11.8 Å². The zero-order chi connectivity index (χ0) is 15.2. The first-order chi connectivity index (χ1) is 10.1. The van der Waals surface area contributed by atoms with E-state index in [0.717, 1.165) is 25.4 Å². The zero-order valence-corrected chi connectivity index (χ0v) is 14.0. The van der Waals surface area contributed by atoms with E-state index in [9.17, 15) is 4.79 Å². The molecule has 21 heavy (non-hydrogen) atoms. The van der Waals surface area contributed by atoms with E-state index in [1.807, 2.05) is 33.6 Å². The standard InChI is InChI=1S/C15H26N4OS/c1-12(2)14-11-18(7-8-21-14)15(20)16-9-13(3)10-19-6-4-5-17-19/h4-6,12-14H,7-11H2,1-3H3,(H,16,20)/t13-,14-/m1/s1. The molecule has 1 aliphatic heterocycles. The Morgan fingerprint density at radius 1 is 1.48 bits per heavy atom. The van der Waals surface area contributed by atoms with Crippen molar-refractivity contribution in [1.82, 2.24) is 20.0 Å². The van der Waals surface area contributed by atoms with Crippen LogP contribution in [0.1, 0.15) is 20.8 Å². The third-order valence-electron chi connectivity index (χ3n) is 3.78. The fraction of sp³-hybridized carbons (Fsp3) is 0.733. The van der Waals surface area contributed by atoms with E-state index in [2.05, 4.69) is 31.2 Å². The normalized spacial score (nSPS) is 20.6. The molecule has 0 saturated carbocycles. The van der Waals surface area contributed by atoms with Crippen molar-refractivity contribution in [1.29, 1.82) is 0 Å². The number of urea groups is 1. The maximum atomic E-state index is 12.3. The van der Waals surface area contributed by atoms with Gasteiger partial charge < -0.3 is 10.2 Å². The van der Waals surface area contributed by atoms with Gasteiger partial charge in [-0.15, -0.1) is 0 Å². The monoisotopic (exact) mass is 310 g/mol. The summed E-state index contributed by atoms with van der Waals surface area (Å²) < 4.78 is 1.91. The first kappa shape index (κ1) is 16.2. The summed E-state index contributed by atoms with van der Waals surface area (Å²) in [6.45, 7) is 9.82. The van der Waals surface area contributed by atoms with E-state index in [-0.39, 0.29) is 6.03 Å². The predicted molar refractivity (Wildman–Crippen MR) is 87.4 cm³/mol. The van der Waals surface area contributed by atoms with Crippen LogP contribution in [0.5, 0.6) is 0 Å². The predicted octanol–water partition coefficient (Wildman–Crippen LogP) is 2.30. The first-order valence-corrected chi connectivity index (χ1v) is 8.73. The highest BCUT2D eigenvalue weighted by Crippen LogP contribution is 2.24. The van der Waals surface area contributed by atoms with Crippen LogP contribution in [-0.4, -0.2) is 51.3 Å². The second-order valence-corrected chi connectivity index (χ2v) is 7.47. The van der Waals surface area contributed by atoms with E-state index < -0.39 is 0 Å². The fourth-order valence-corrected chi connectivity index (χ4v) is 3.73. The Balaban J connectivity index is 1.73. The number of hydrogen-bond acceptors (Lipinski definition) is 3. The number of thioether (sulfide) groups is 1. The molecule has 1 aromatic heterocycles. The molecule has 0 spiro atoms. The van der Waals surface area contributed by atoms with Gasteiger partial charge in [-0.05, 0) is 17.9 Å². The van der Waals surface area contributed by atoms with E-state index in [4.69, 9.17) is 0 Å². The minimum Gasteiger partial charge on any atom is -0.338 e. The number of rotatable bonds is 5. The Hall–Kier alpha value is -1.17. The van der Waals surface area contributed by atoms with Gasteiger partial charge in [0.15, 0.2) is 0 Å². The van der Waals surface area contributed by atoms with Crippen molar-refractivity contribution in [3.05, 3.63) is 18.5 Å². The van der Waals surface area contributed by atoms with E-state index in [1.54, 1.807) is 6.20 Å². The third-order valence-corrected chi connectivity index (χ3v) is 5.32. The maximum absolute atomic E-state index is 12.3. The summed E-state index contributed by atoms with van der Waals surface area (Å²) in [6.07, 6.45) is 3.73. The smallest absolute Gasteiger partial charge is 0.317 e. The van der Waals surface area contributed by atoms with Crippen LogP contribution in [0.25, 0.3) is 0 Å². The largest absolute Gasteiger partial charge is 0.338 e. The summed E-state index contributed by atoms with van der Waals surface area (Å²) >= 11 is 1.99. The average molecular weight is 310 g/mol. The molecule has 6 heteroatoms. The molecular formula is C15H26N4OS. The molecule has 1 saturated heterocycles. The number of aromatic nitrogens is 2. The highest BCUT2D eigenvalue weighted by molar-refractivity contribution is 8.00. The van der Waals surface area contributed by atoms with Gasteiger partial charge in [-0.25, -0.2) is 4.79 Å². The minimum absolute atomic E-state index is 0.0771. The molecule has 0 radical (unpaired) electrons. The van der Waals surface area contributed by atoms with Crippen molar-refractivity contribution >= 4 is 17.8 Å². The van der Waals surface area contributed by atoms with Crippen LogP contribution in [-0.2, 0) is 6.54 Å². The molecular weight excluding hydrogens is 284 g/mol. The Kier molecular flexibility index (Phi) is 5.96. The Morgan fingerprint density at radius 3 is 2.95 bits per heavy atom. The van der Waals surface area contributed by atoms with Gasteiger partial charge in [0.05, 0.1) is 0 Å². The summed E-state index contributed by atoms with van der Waals surface area (Å²) in [6, 6.07) is 2.00.